The molecule has 0 aliphatic carbocycles. The predicted molar refractivity (Wildman–Crippen MR) is 152 cm³/mol. The molecular formula is C31H34FN5O2. The van der Waals surface area contributed by atoms with Gasteiger partial charge in [0.05, 0.1) is 24.2 Å². The molecule has 1 amide bonds. The highest BCUT2D eigenvalue weighted by Crippen LogP contribution is 2.26. The van der Waals surface area contributed by atoms with Gasteiger partial charge in [0.2, 0.25) is 5.91 Å². The van der Waals surface area contributed by atoms with E-state index in [1.165, 1.54) is 17.8 Å². The summed E-state index contributed by atoms with van der Waals surface area (Å²) in [6.07, 6.45) is 0.777. The molecule has 1 N–H and O–H groups in total. The van der Waals surface area contributed by atoms with E-state index in [1.54, 1.807) is 17.9 Å². The molecule has 0 unspecified atom stereocenters. The normalized spacial score (nSPS) is 13.9. The summed E-state index contributed by atoms with van der Waals surface area (Å²) in [5, 5.41) is 7.81. The molecule has 0 atom stereocenters. The van der Waals surface area contributed by atoms with Crippen LogP contribution in [0.2, 0.25) is 0 Å². The van der Waals surface area contributed by atoms with Crippen LogP contribution >= 0.6 is 0 Å². The van der Waals surface area contributed by atoms with E-state index in [4.69, 9.17) is 9.84 Å². The summed E-state index contributed by atoms with van der Waals surface area (Å²) in [6.45, 7) is 4.60. The first-order chi connectivity index (χ1) is 19.0. The fourth-order valence-electron chi connectivity index (χ4n) is 4.78. The molecule has 0 spiro atoms. The molecule has 3 aromatic carbocycles. The van der Waals surface area contributed by atoms with E-state index in [2.05, 4.69) is 40.4 Å². The van der Waals surface area contributed by atoms with E-state index < -0.39 is 0 Å². The van der Waals surface area contributed by atoms with E-state index in [1.807, 2.05) is 42.5 Å². The third-order valence-electron chi connectivity index (χ3n) is 7.07. The van der Waals surface area contributed by atoms with Gasteiger partial charge in [0.25, 0.3) is 0 Å². The average molecular weight is 528 g/mol. The molecule has 39 heavy (non-hydrogen) atoms. The number of likely N-dealkylation sites (N-methyl/N-ethyl adjacent to an activating group) is 1. The number of nitrogens with one attached hydrogen (secondary N) is 1. The van der Waals surface area contributed by atoms with Crippen molar-refractivity contribution in [3.8, 4) is 22.7 Å². The zero-order valence-corrected chi connectivity index (χ0v) is 22.4. The summed E-state index contributed by atoms with van der Waals surface area (Å²) < 4.78 is 21.1. The minimum absolute atomic E-state index is 0.0358. The number of hydrogen-bond acceptors (Lipinski definition) is 5. The fraction of sp³-hybridized carbons (Fsp3) is 0.290. The van der Waals surface area contributed by atoms with Crippen molar-refractivity contribution in [1.82, 2.24) is 20.0 Å². The first-order valence-electron chi connectivity index (χ1n) is 13.3. The van der Waals surface area contributed by atoms with Crippen LogP contribution < -0.4 is 15.0 Å². The average Bonchev–Trinajstić information content (AvgIpc) is 3.40. The molecule has 0 radical (unpaired) electrons. The quantitative estimate of drug-likeness (QED) is 0.342. The van der Waals surface area contributed by atoms with Crippen LogP contribution in [0.1, 0.15) is 17.7 Å². The number of piperazine rings is 1. The lowest BCUT2D eigenvalue weighted by Gasteiger charge is -2.34. The number of rotatable bonds is 9. The van der Waals surface area contributed by atoms with Crippen molar-refractivity contribution in [2.45, 2.75) is 19.4 Å². The van der Waals surface area contributed by atoms with E-state index in [0.717, 1.165) is 54.6 Å². The summed E-state index contributed by atoms with van der Waals surface area (Å²) in [5.74, 6) is 0.392. The van der Waals surface area contributed by atoms with Crippen LogP contribution in [-0.4, -0.2) is 60.9 Å². The zero-order chi connectivity index (χ0) is 27.2. The van der Waals surface area contributed by atoms with Crippen molar-refractivity contribution in [3.63, 3.8) is 0 Å². The Hall–Kier alpha value is -4.17. The lowest BCUT2D eigenvalue weighted by atomic mass is 10.1. The van der Waals surface area contributed by atoms with Gasteiger partial charge in [-0.1, -0.05) is 24.3 Å². The predicted octanol–water partition coefficient (Wildman–Crippen LogP) is 4.69. The molecule has 8 heteroatoms. The van der Waals surface area contributed by atoms with Crippen LogP contribution in [-0.2, 0) is 17.8 Å². The van der Waals surface area contributed by atoms with Crippen LogP contribution in [0.25, 0.3) is 16.9 Å². The maximum absolute atomic E-state index is 14.0. The number of methoxy groups -OCH3 is 1. The Balaban J connectivity index is 1.24. The first kappa shape index (κ1) is 26.4. The van der Waals surface area contributed by atoms with Gasteiger partial charge in [0, 0.05) is 56.8 Å². The van der Waals surface area contributed by atoms with Crippen molar-refractivity contribution >= 4 is 11.6 Å². The number of benzene rings is 3. The number of carbonyl (C=O) groups is 1. The number of ether oxygens (including phenoxy) is 1. The van der Waals surface area contributed by atoms with Crippen molar-refractivity contribution in [1.29, 1.82) is 0 Å². The number of aryl methyl sites for hydroxylation is 1. The van der Waals surface area contributed by atoms with Gasteiger partial charge in [-0.25, -0.2) is 9.07 Å². The lowest BCUT2D eigenvalue weighted by molar-refractivity contribution is -0.121. The third kappa shape index (κ3) is 6.64. The smallest absolute Gasteiger partial charge is 0.220 e. The first-order valence-corrected chi connectivity index (χ1v) is 13.3. The molecule has 0 saturated carbocycles. The van der Waals surface area contributed by atoms with Crippen molar-refractivity contribution in [3.05, 3.63) is 95.9 Å². The Morgan fingerprint density at radius 2 is 1.72 bits per heavy atom. The van der Waals surface area contributed by atoms with Gasteiger partial charge < -0.3 is 19.9 Å². The number of halogens is 1. The highest BCUT2D eigenvalue weighted by molar-refractivity contribution is 5.76. The molecule has 0 bridgehead atoms. The number of carbonyl (C=O) groups excluding carboxylic acids is 1. The molecule has 4 aromatic rings. The Bertz CT molecular complexity index is 1410. The molecule has 1 aliphatic rings. The summed E-state index contributed by atoms with van der Waals surface area (Å²) in [7, 11) is 3.77. The summed E-state index contributed by atoms with van der Waals surface area (Å²) in [6, 6.07) is 24.3. The molecule has 5 rings (SSSR count). The topological polar surface area (TPSA) is 62.6 Å². The summed E-state index contributed by atoms with van der Waals surface area (Å²) in [5.41, 5.74) is 5.34. The van der Waals surface area contributed by atoms with Gasteiger partial charge >= 0.3 is 0 Å². The van der Waals surface area contributed by atoms with Crippen LogP contribution in [0.4, 0.5) is 10.1 Å². The van der Waals surface area contributed by atoms with Crippen molar-refractivity contribution < 1.29 is 13.9 Å². The van der Waals surface area contributed by atoms with Crippen LogP contribution in [0.3, 0.4) is 0 Å². The standard InChI is InChI=1S/C31H34FN5O2/c1-35-15-17-36(18-16-35)28-8-3-5-23(19-28)22-33-31(38)14-9-26-21-30(24-6-4-7-25(32)20-24)37(34-26)27-10-12-29(39-2)13-11-27/h3-8,10-13,19-21H,9,14-18,22H2,1-2H3,(H,33,38). The molecule has 202 valence electrons. The number of amides is 1. The Kier molecular flexibility index (Phi) is 8.22. The van der Waals surface area contributed by atoms with Gasteiger partial charge in [-0.05, 0) is 67.2 Å². The monoisotopic (exact) mass is 527 g/mol. The Morgan fingerprint density at radius 3 is 2.46 bits per heavy atom. The van der Waals surface area contributed by atoms with Gasteiger partial charge in [-0.15, -0.1) is 0 Å². The van der Waals surface area contributed by atoms with Gasteiger partial charge in [-0.2, -0.15) is 5.10 Å². The second-order valence-electron chi connectivity index (χ2n) is 9.88. The Labute approximate surface area is 228 Å². The van der Waals surface area contributed by atoms with Crippen LogP contribution in [0.5, 0.6) is 5.75 Å². The molecule has 7 nitrogen and oxygen atoms in total. The van der Waals surface area contributed by atoms with Gasteiger partial charge in [-0.3, -0.25) is 4.79 Å². The van der Waals surface area contributed by atoms with Crippen molar-refractivity contribution in [2.75, 3.05) is 45.2 Å². The van der Waals surface area contributed by atoms with Crippen LogP contribution in [0.15, 0.2) is 78.9 Å². The van der Waals surface area contributed by atoms with E-state index in [0.29, 0.717) is 24.9 Å². The maximum atomic E-state index is 14.0. The molecule has 2 heterocycles. The number of aromatic nitrogens is 2. The van der Waals surface area contributed by atoms with Gasteiger partial charge in [0.15, 0.2) is 0 Å². The van der Waals surface area contributed by atoms with Gasteiger partial charge in [0.1, 0.15) is 11.6 Å². The highest BCUT2D eigenvalue weighted by atomic mass is 19.1. The minimum atomic E-state index is -0.312. The number of nitrogens with zero attached hydrogens (tertiary/aromatic N) is 4. The molecular weight excluding hydrogens is 493 g/mol. The fourth-order valence-corrected chi connectivity index (χ4v) is 4.78. The SMILES string of the molecule is COc1ccc(-n2nc(CCC(=O)NCc3cccc(N4CCN(C)CC4)c3)cc2-c2cccc(F)c2)cc1. The summed E-state index contributed by atoms with van der Waals surface area (Å²) in [4.78, 5) is 17.5. The molecule has 1 aromatic heterocycles. The lowest BCUT2D eigenvalue weighted by Crippen LogP contribution is -2.44. The molecule has 1 saturated heterocycles. The van der Waals surface area contributed by atoms with E-state index in [-0.39, 0.29) is 11.7 Å². The Morgan fingerprint density at radius 1 is 0.949 bits per heavy atom. The third-order valence-corrected chi connectivity index (χ3v) is 7.07. The summed E-state index contributed by atoms with van der Waals surface area (Å²) >= 11 is 0. The molecule has 1 aliphatic heterocycles. The minimum Gasteiger partial charge on any atom is -0.497 e. The maximum Gasteiger partial charge on any atom is 0.220 e. The second kappa shape index (κ2) is 12.1. The van der Waals surface area contributed by atoms with E-state index >= 15 is 0 Å². The second-order valence-corrected chi connectivity index (χ2v) is 9.88. The van der Waals surface area contributed by atoms with E-state index in [9.17, 15) is 9.18 Å². The molecule has 1 fully saturated rings. The number of anilines is 1. The van der Waals surface area contributed by atoms with Crippen LogP contribution in [0, 0.1) is 5.82 Å². The van der Waals surface area contributed by atoms with Crippen molar-refractivity contribution in [2.24, 2.45) is 0 Å². The highest BCUT2D eigenvalue weighted by Gasteiger charge is 2.16. The largest absolute Gasteiger partial charge is 0.497 e. The number of hydrogen-bond donors (Lipinski definition) is 1. The zero-order valence-electron chi connectivity index (χ0n) is 22.4.